The van der Waals surface area contributed by atoms with Crippen LogP contribution in [0.4, 0.5) is 0 Å². The van der Waals surface area contributed by atoms with Gasteiger partial charge in [-0.05, 0) is 36.1 Å². The van der Waals surface area contributed by atoms with E-state index in [4.69, 9.17) is 0 Å². The second-order valence-electron chi connectivity index (χ2n) is 5.01. The lowest BCUT2D eigenvalue weighted by Gasteiger charge is -2.15. The average Bonchev–Trinajstić information content (AvgIpc) is 3.15. The maximum atomic E-state index is 4.58. The van der Waals surface area contributed by atoms with Gasteiger partial charge < -0.3 is 0 Å². The smallest absolute Gasteiger partial charge is 0.118 e. The minimum absolute atomic E-state index is 0.769. The summed E-state index contributed by atoms with van der Waals surface area (Å²) in [7, 11) is 0. The van der Waals surface area contributed by atoms with Gasteiger partial charge in [-0.2, -0.15) is 5.10 Å². The van der Waals surface area contributed by atoms with E-state index in [1.165, 1.54) is 16.8 Å². The van der Waals surface area contributed by atoms with Crippen molar-refractivity contribution in [1.82, 2.24) is 15.2 Å². The zero-order chi connectivity index (χ0) is 14.8. The zero-order valence-corrected chi connectivity index (χ0v) is 12.5. The SMILES string of the molecule is CCc1cccc(CC)c1-n1ncc(C2=C[N]N=N2)c1C. The molecule has 1 radical (unpaired) electrons. The molecule has 1 aliphatic rings. The van der Waals surface area contributed by atoms with Crippen molar-refractivity contribution in [3.8, 4) is 5.69 Å². The minimum atomic E-state index is 0.769. The molecule has 0 aliphatic carbocycles. The van der Waals surface area contributed by atoms with Gasteiger partial charge in [0.15, 0.2) is 0 Å². The summed E-state index contributed by atoms with van der Waals surface area (Å²) >= 11 is 0. The molecular weight excluding hydrogens is 262 g/mol. The predicted molar refractivity (Wildman–Crippen MR) is 82.0 cm³/mol. The molecule has 0 bridgehead atoms. The van der Waals surface area contributed by atoms with Gasteiger partial charge in [0, 0.05) is 5.56 Å². The highest BCUT2D eigenvalue weighted by Gasteiger charge is 2.17. The van der Waals surface area contributed by atoms with Crippen molar-refractivity contribution in [2.45, 2.75) is 33.6 Å². The lowest BCUT2D eigenvalue weighted by atomic mass is 10.0. The number of benzene rings is 1. The molecule has 1 aromatic heterocycles. The molecule has 0 amide bonds. The Balaban J connectivity index is 2.16. The number of para-hydroxylation sites is 1. The Hall–Kier alpha value is -2.43. The van der Waals surface area contributed by atoms with Crippen molar-refractivity contribution in [3.05, 3.63) is 53.0 Å². The van der Waals surface area contributed by atoms with Gasteiger partial charge in [0.05, 0.1) is 23.8 Å². The fourth-order valence-electron chi connectivity index (χ4n) is 2.68. The van der Waals surface area contributed by atoms with Crippen LogP contribution in [0.3, 0.4) is 0 Å². The summed E-state index contributed by atoms with van der Waals surface area (Å²) in [5, 5.41) is 12.3. The first-order valence-electron chi connectivity index (χ1n) is 7.23. The quantitative estimate of drug-likeness (QED) is 0.844. The molecule has 107 valence electrons. The van der Waals surface area contributed by atoms with Gasteiger partial charge in [-0.1, -0.05) is 32.0 Å². The number of rotatable bonds is 4. The molecule has 0 saturated carbocycles. The Morgan fingerprint density at radius 3 is 2.38 bits per heavy atom. The van der Waals surface area contributed by atoms with Crippen molar-refractivity contribution < 1.29 is 0 Å². The topological polar surface area (TPSA) is 56.6 Å². The first-order chi connectivity index (χ1) is 10.3. The van der Waals surface area contributed by atoms with Crippen LogP contribution >= 0.6 is 0 Å². The van der Waals surface area contributed by atoms with Gasteiger partial charge in [0.1, 0.15) is 5.70 Å². The van der Waals surface area contributed by atoms with Gasteiger partial charge in [-0.15, -0.1) is 10.5 Å². The molecule has 2 heterocycles. The van der Waals surface area contributed by atoms with E-state index in [1.54, 1.807) is 6.20 Å². The van der Waals surface area contributed by atoms with Crippen molar-refractivity contribution >= 4 is 5.70 Å². The van der Waals surface area contributed by atoms with E-state index >= 15 is 0 Å². The molecule has 0 fully saturated rings. The Morgan fingerprint density at radius 1 is 1.10 bits per heavy atom. The molecule has 0 saturated heterocycles. The summed E-state index contributed by atoms with van der Waals surface area (Å²) in [4.78, 5) is 0. The van der Waals surface area contributed by atoms with E-state index in [0.29, 0.717) is 0 Å². The van der Waals surface area contributed by atoms with Crippen LogP contribution in [0.15, 0.2) is 40.9 Å². The third kappa shape index (κ3) is 2.24. The summed E-state index contributed by atoms with van der Waals surface area (Å²) in [5.74, 6) is 0. The largest absolute Gasteiger partial charge is 0.237 e. The summed E-state index contributed by atoms with van der Waals surface area (Å²) in [6, 6.07) is 6.45. The second kappa shape index (κ2) is 5.52. The Kier molecular flexibility index (Phi) is 3.56. The van der Waals surface area contributed by atoms with E-state index in [-0.39, 0.29) is 0 Å². The minimum Gasteiger partial charge on any atom is -0.237 e. The number of hydrogen-bond acceptors (Lipinski definition) is 3. The average molecular weight is 280 g/mol. The fourth-order valence-corrected chi connectivity index (χ4v) is 2.68. The Labute approximate surface area is 124 Å². The Morgan fingerprint density at radius 2 is 1.81 bits per heavy atom. The Bertz CT molecular complexity index is 702. The molecule has 0 spiro atoms. The van der Waals surface area contributed by atoms with Gasteiger partial charge in [0.2, 0.25) is 0 Å². The number of aromatic nitrogens is 2. The molecule has 21 heavy (non-hydrogen) atoms. The maximum Gasteiger partial charge on any atom is 0.118 e. The summed E-state index contributed by atoms with van der Waals surface area (Å²) in [5.41, 5.74) is 10.4. The van der Waals surface area contributed by atoms with Gasteiger partial charge in [-0.3, -0.25) is 0 Å². The highest BCUT2D eigenvalue weighted by atomic mass is 15.4. The predicted octanol–water partition coefficient (Wildman–Crippen LogP) is 3.59. The maximum absolute atomic E-state index is 4.58. The molecule has 5 heteroatoms. The number of aryl methyl sites for hydroxylation is 2. The molecule has 0 atom stereocenters. The molecule has 1 aliphatic heterocycles. The summed E-state index contributed by atoms with van der Waals surface area (Å²) < 4.78 is 2.02. The zero-order valence-electron chi connectivity index (χ0n) is 12.5. The monoisotopic (exact) mass is 280 g/mol. The van der Waals surface area contributed by atoms with Gasteiger partial charge in [-0.25, -0.2) is 4.68 Å². The molecular formula is C16H18N5. The van der Waals surface area contributed by atoms with Crippen LogP contribution in [0.25, 0.3) is 11.4 Å². The normalized spacial score (nSPS) is 13.4. The summed E-state index contributed by atoms with van der Waals surface area (Å²) in [6.45, 7) is 6.40. The molecule has 3 rings (SSSR count). The number of hydrogen-bond donors (Lipinski definition) is 0. The first-order valence-corrected chi connectivity index (χ1v) is 7.23. The van der Waals surface area contributed by atoms with Gasteiger partial charge >= 0.3 is 0 Å². The highest BCUT2D eigenvalue weighted by molar-refractivity contribution is 5.67. The van der Waals surface area contributed by atoms with Crippen LogP contribution in [0.5, 0.6) is 0 Å². The van der Waals surface area contributed by atoms with Crippen LogP contribution in [0.2, 0.25) is 0 Å². The van der Waals surface area contributed by atoms with E-state index in [9.17, 15) is 0 Å². The molecule has 0 unspecified atom stereocenters. The van der Waals surface area contributed by atoms with E-state index < -0.39 is 0 Å². The van der Waals surface area contributed by atoms with Crippen molar-refractivity contribution in [3.63, 3.8) is 0 Å². The van der Waals surface area contributed by atoms with Crippen molar-refractivity contribution in [2.75, 3.05) is 0 Å². The molecule has 5 nitrogen and oxygen atoms in total. The van der Waals surface area contributed by atoms with E-state index in [1.807, 2.05) is 10.9 Å². The number of nitrogens with zero attached hydrogens (tertiary/aromatic N) is 5. The lowest BCUT2D eigenvalue weighted by Crippen LogP contribution is -2.07. The lowest BCUT2D eigenvalue weighted by molar-refractivity contribution is 0.817. The standard InChI is InChI=1S/C16H18N5/c1-4-12-7-6-8-13(5-2)16(12)21-11(3)14(9-18-21)15-10-17-20-19-15/h6-10H,4-5H2,1-3H3. The molecule has 2 aromatic rings. The van der Waals surface area contributed by atoms with E-state index in [2.05, 4.69) is 59.8 Å². The first kappa shape index (κ1) is 13.5. The van der Waals surface area contributed by atoms with Crippen LogP contribution in [-0.2, 0) is 12.8 Å². The third-order valence-corrected chi connectivity index (χ3v) is 3.85. The van der Waals surface area contributed by atoms with Crippen LogP contribution in [0.1, 0.15) is 36.2 Å². The van der Waals surface area contributed by atoms with Gasteiger partial charge in [0.25, 0.3) is 0 Å². The van der Waals surface area contributed by atoms with Crippen molar-refractivity contribution in [1.29, 1.82) is 0 Å². The van der Waals surface area contributed by atoms with E-state index in [0.717, 1.165) is 29.8 Å². The van der Waals surface area contributed by atoms with Crippen molar-refractivity contribution in [2.24, 2.45) is 10.3 Å². The second-order valence-corrected chi connectivity index (χ2v) is 5.01. The fraction of sp³-hybridized carbons (Fsp3) is 0.312. The van der Waals surface area contributed by atoms with Crippen LogP contribution in [0, 0.1) is 6.92 Å². The summed E-state index contributed by atoms with van der Waals surface area (Å²) in [6.07, 6.45) is 5.47. The highest BCUT2D eigenvalue weighted by Crippen LogP contribution is 2.27. The molecule has 1 aromatic carbocycles. The third-order valence-electron chi connectivity index (χ3n) is 3.85. The van der Waals surface area contributed by atoms with Crippen LogP contribution in [-0.4, -0.2) is 9.78 Å². The molecule has 0 N–H and O–H groups in total. The van der Waals surface area contributed by atoms with Crippen LogP contribution < -0.4 is 5.43 Å².